The first-order valence-corrected chi connectivity index (χ1v) is 12.1. The highest BCUT2D eigenvalue weighted by Gasteiger charge is 2.35. The van der Waals surface area contributed by atoms with E-state index in [0.717, 1.165) is 12.5 Å². The van der Waals surface area contributed by atoms with Crippen LogP contribution in [0.4, 0.5) is 18.4 Å². The third kappa shape index (κ3) is 9.16. The van der Waals surface area contributed by atoms with Gasteiger partial charge in [0.2, 0.25) is 0 Å². The van der Waals surface area contributed by atoms with E-state index in [9.17, 15) is 18.4 Å². The summed E-state index contributed by atoms with van der Waals surface area (Å²) in [4.78, 5) is 25.7. The van der Waals surface area contributed by atoms with Crippen molar-refractivity contribution in [3.63, 3.8) is 0 Å². The molecule has 0 bridgehead atoms. The van der Waals surface area contributed by atoms with Crippen LogP contribution >= 0.6 is 0 Å². The van der Waals surface area contributed by atoms with E-state index in [-0.39, 0.29) is 43.5 Å². The Morgan fingerprint density at radius 2 is 1.97 bits per heavy atom. The van der Waals surface area contributed by atoms with E-state index in [2.05, 4.69) is 10.1 Å². The smallest absolute Gasteiger partial charge is 0.410 e. The summed E-state index contributed by atoms with van der Waals surface area (Å²) in [6, 6.07) is 2.00. The van der Waals surface area contributed by atoms with Gasteiger partial charge in [-0.2, -0.15) is 0 Å². The van der Waals surface area contributed by atoms with Crippen LogP contribution in [-0.4, -0.2) is 62.6 Å². The molecule has 2 atom stereocenters. The van der Waals surface area contributed by atoms with Crippen molar-refractivity contribution in [1.82, 2.24) is 10.2 Å². The summed E-state index contributed by atoms with van der Waals surface area (Å²) in [5.74, 6) is -1.89. The van der Waals surface area contributed by atoms with Gasteiger partial charge >= 0.3 is 12.2 Å². The van der Waals surface area contributed by atoms with Gasteiger partial charge in [0.05, 0.1) is 26.4 Å². The highest BCUT2D eigenvalue weighted by molar-refractivity contribution is 5.68. The van der Waals surface area contributed by atoms with Crippen LogP contribution in [0.5, 0.6) is 5.75 Å². The zero-order chi connectivity index (χ0) is 26.0. The van der Waals surface area contributed by atoms with E-state index in [4.69, 9.17) is 14.2 Å². The van der Waals surface area contributed by atoms with E-state index < -0.39 is 35.5 Å². The first kappa shape index (κ1) is 28.6. The van der Waals surface area contributed by atoms with Gasteiger partial charge < -0.3 is 29.2 Å². The van der Waals surface area contributed by atoms with E-state index in [1.54, 1.807) is 25.7 Å². The predicted octanol–water partition coefficient (Wildman–Crippen LogP) is 5.20. The normalized spacial score (nSPS) is 17.0. The number of amides is 2. The maximum atomic E-state index is 14.8. The molecule has 0 radical (unpaired) electrons. The van der Waals surface area contributed by atoms with Crippen LogP contribution in [0.15, 0.2) is 12.1 Å². The molecular weight excluding hydrogens is 462 g/mol. The van der Waals surface area contributed by atoms with Crippen LogP contribution < -0.4 is 10.1 Å². The number of nitrogens with zero attached hydrogens (tertiary/aromatic N) is 1. The van der Waals surface area contributed by atoms with Crippen molar-refractivity contribution in [3.05, 3.63) is 29.3 Å². The number of piperidine rings is 1. The standard InChI is InChI=1S/C25H38F2N2O6/c1-6-7-12-33-22-19(14-18(26)15-20(22)27)21(34-13-10-28-23(30)32-5)17-9-8-11-29(16-17)24(31)35-25(2,3)4/h14-15,17,21H,6-13,16H2,1-5H3,(H,28,30)/t17-,21-/m1/s1. The lowest BCUT2D eigenvalue weighted by atomic mass is 9.87. The number of unbranched alkanes of at least 4 members (excludes halogenated alkanes) is 1. The number of carbonyl (C=O) groups is 2. The van der Waals surface area contributed by atoms with Gasteiger partial charge in [0.15, 0.2) is 11.6 Å². The number of methoxy groups -OCH3 is 1. The second-order valence-electron chi connectivity index (χ2n) is 9.55. The van der Waals surface area contributed by atoms with E-state index in [1.807, 2.05) is 6.92 Å². The number of alkyl carbamates (subject to hydrolysis) is 1. The lowest BCUT2D eigenvalue weighted by Gasteiger charge is -2.38. The number of halogens is 2. The van der Waals surface area contributed by atoms with Crippen LogP contribution in [0.3, 0.4) is 0 Å². The maximum absolute atomic E-state index is 14.8. The Morgan fingerprint density at radius 1 is 1.23 bits per heavy atom. The first-order valence-electron chi connectivity index (χ1n) is 12.1. The van der Waals surface area contributed by atoms with Crippen molar-refractivity contribution < 1.29 is 37.3 Å². The predicted molar refractivity (Wildman–Crippen MR) is 126 cm³/mol. The van der Waals surface area contributed by atoms with Crippen LogP contribution in [0.1, 0.15) is 65.0 Å². The Bertz CT molecular complexity index is 846. The van der Waals surface area contributed by atoms with Crippen LogP contribution in [0.2, 0.25) is 0 Å². The highest BCUT2D eigenvalue weighted by Crippen LogP contribution is 2.39. The van der Waals surface area contributed by atoms with Crippen molar-refractivity contribution in [1.29, 1.82) is 0 Å². The molecule has 10 heteroatoms. The van der Waals surface area contributed by atoms with Gasteiger partial charge in [-0.05, 0) is 46.1 Å². The minimum Gasteiger partial charge on any atom is -0.490 e. The number of hydrogen-bond acceptors (Lipinski definition) is 6. The largest absolute Gasteiger partial charge is 0.490 e. The Morgan fingerprint density at radius 3 is 2.63 bits per heavy atom. The van der Waals surface area contributed by atoms with Gasteiger partial charge in [0.25, 0.3) is 0 Å². The Hall–Kier alpha value is -2.62. The molecule has 1 aliphatic rings. The first-order chi connectivity index (χ1) is 16.6. The number of benzene rings is 1. The minimum absolute atomic E-state index is 0.0554. The summed E-state index contributed by atoms with van der Waals surface area (Å²) in [7, 11) is 1.25. The summed E-state index contributed by atoms with van der Waals surface area (Å²) < 4.78 is 51.0. The fourth-order valence-corrected chi connectivity index (χ4v) is 3.90. The molecule has 8 nitrogen and oxygen atoms in total. The number of carbonyl (C=O) groups excluding carboxylic acids is 2. The van der Waals surface area contributed by atoms with Crippen LogP contribution in [0, 0.1) is 17.6 Å². The summed E-state index contributed by atoms with van der Waals surface area (Å²) in [5, 5.41) is 2.52. The fraction of sp³-hybridized carbons (Fsp3) is 0.680. The summed E-state index contributed by atoms with van der Waals surface area (Å²) in [6.07, 6.45) is 1.07. The summed E-state index contributed by atoms with van der Waals surface area (Å²) in [6.45, 7) is 8.64. The van der Waals surface area contributed by atoms with Crippen LogP contribution in [0.25, 0.3) is 0 Å². The molecule has 2 amide bonds. The number of rotatable bonds is 10. The van der Waals surface area contributed by atoms with Gasteiger partial charge in [0.1, 0.15) is 11.4 Å². The van der Waals surface area contributed by atoms with Crippen LogP contribution in [-0.2, 0) is 14.2 Å². The third-order valence-electron chi connectivity index (χ3n) is 5.48. The van der Waals surface area contributed by atoms with Gasteiger partial charge in [-0.3, -0.25) is 0 Å². The average Bonchev–Trinajstić information content (AvgIpc) is 2.79. The van der Waals surface area contributed by atoms with E-state index in [0.29, 0.717) is 25.8 Å². The molecule has 1 aromatic rings. The number of hydrogen-bond donors (Lipinski definition) is 1. The van der Waals surface area contributed by atoms with Crippen molar-refractivity contribution in [2.24, 2.45) is 5.92 Å². The monoisotopic (exact) mass is 500 g/mol. The fourth-order valence-electron chi connectivity index (χ4n) is 3.90. The van der Waals surface area contributed by atoms with Crippen molar-refractivity contribution in [2.45, 2.75) is 65.1 Å². The van der Waals surface area contributed by atoms with Gasteiger partial charge in [-0.15, -0.1) is 0 Å². The van der Waals surface area contributed by atoms with Gasteiger partial charge in [-0.1, -0.05) is 13.3 Å². The average molecular weight is 501 g/mol. The highest BCUT2D eigenvalue weighted by atomic mass is 19.1. The Balaban J connectivity index is 2.31. The maximum Gasteiger partial charge on any atom is 0.410 e. The zero-order valence-corrected chi connectivity index (χ0v) is 21.3. The lowest BCUT2D eigenvalue weighted by Crippen LogP contribution is -2.44. The summed E-state index contributed by atoms with van der Waals surface area (Å²) >= 11 is 0. The molecule has 1 aromatic carbocycles. The molecule has 0 saturated carbocycles. The van der Waals surface area contributed by atoms with E-state index >= 15 is 0 Å². The molecular formula is C25H38F2N2O6. The third-order valence-corrected chi connectivity index (χ3v) is 5.48. The number of nitrogens with one attached hydrogen (secondary N) is 1. The molecule has 0 aliphatic carbocycles. The molecule has 2 rings (SSSR count). The summed E-state index contributed by atoms with van der Waals surface area (Å²) in [5.41, 5.74) is -0.404. The molecule has 1 heterocycles. The molecule has 1 N–H and O–H groups in total. The molecule has 1 fully saturated rings. The van der Waals surface area contributed by atoms with Crippen molar-refractivity contribution in [2.75, 3.05) is 40.0 Å². The SMILES string of the molecule is CCCCOc1c(F)cc(F)cc1[C@H](OCCNC(=O)OC)[C@@H]1CCCN(C(=O)OC(C)(C)C)C1. The Labute approximate surface area is 206 Å². The molecule has 1 aliphatic heterocycles. The number of likely N-dealkylation sites (tertiary alicyclic amines) is 1. The Kier molecular flexibility index (Phi) is 11.0. The lowest BCUT2D eigenvalue weighted by molar-refractivity contribution is -0.0258. The van der Waals surface area contributed by atoms with Crippen molar-refractivity contribution in [3.8, 4) is 5.75 Å². The minimum atomic E-state index is -0.808. The quantitative estimate of drug-likeness (QED) is 0.444. The molecule has 1 saturated heterocycles. The van der Waals surface area contributed by atoms with Gasteiger partial charge in [0, 0.05) is 37.2 Å². The number of ether oxygens (including phenoxy) is 4. The molecule has 0 aromatic heterocycles. The molecule has 35 heavy (non-hydrogen) atoms. The molecule has 0 unspecified atom stereocenters. The molecule has 0 spiro atoms. The second-order valence-corrected chi connectivity index (χ2v) is 9.55. The topological polar surface area (TPSA) is 86.3 Å². The second kappa shape index (κ2) is 13.5. The van der Waals surface area contributed by atoms with Crippen molar-refractivity contribution >= 4 is 12.2 Å². The zero-order valence-electron chi connectivity index (χ0n) is 21.3. The van der Waals surface area contributed by atoms with E-state index in [1.165, 1.54) is 13.2 Å². The molecule has 198 valence electrons. The van der Waals surface area contributed by atoms with Gasteiger partial charge in [-0.25, -0.2) is 18.4 Å².